The predicted octanol–water partition coefficient (Wildman–Crippen LogP) is 1.12. The molecule has 0 radical (unpaired) electrons. The molecular weight excluding hydrogens is 358 g/mol. The molecule has 7 nitrogen and oxygen atoms in total. The standard InChI is InChI=1S/C18H27NO6S/c1-5-14-8-6-7-12(2)17(14)19(13(3)9-25-4)16(21)11-26(24)10-15(20)18(22)23/h6-8,13,15,20H,5,9-11H2,1-4H3,(H,22,23)/t13-,15?,26?/m0/s1. The Labute approximate surface area is 156 Å². The summed E-state index contributed by atoms with van der Waals surface area (Å²) in [5, 5.41) is 18.1. The summed E-state index contributed by atoms with van der Waals surface area (Å²) in [5.41, 5.74) is 2.66. The van der Waals surface area contributed by atoms with E-state index in [1.54, 1.807) is 12.0 Å². The van der Waals surface area contributed by atoms with Crippen LogP contribution < -0.4 is 4.90 Å². The second-order valence-electron chi connectivity index (χ2n) is 6.11. The summed E-state index contributed by atoms with van der Waals surface area (Å²) >= 11 is 0. The first kappa shape index (κ1) is 22.3. The fourth-order valence-corrected chi connectivity index (χ4v) is 3.80. The molecule has 1 amide bonds. The Balaban J connectivity index is 3.13. The lowest BCUT2D eigenvalue weighted by Crippen LogP contribution is -2.45. The fourth-order valence-electron chi connectivity index (χ4n) is 2.77. The number of aliphatic carboxylic acids is 1. The van der Waals surface area contributed by atoms with Crippen molar-refractivity contribution in [2.75, 3.05) is 30.1 Å². The Kier molecular flexibility index (Phi) is 8.91. The molecule has 2 unspecified atom stereocenters. The number of aryl methyl sites for hydroxylation is 2. The van der Waals surface area contributed by atoms with Crippen LogP contribution in [0.1, 0.15) is 25.0 Å². The van der Waals surface area contributed by atoms with E-state index in [2.05, 4.69) is 0 Å². The normalized spacial score (nSPS) is 14.5. The first-order valence-electron chi connectivity index (χ1n) is 8.38. The lowest BCUT2D eigenvalue weighted by Gasteiger charge is -2.32. The van der Waals surface area contributed by atoms with Gasteiger partial charge in [-0.05, 0) is 31.4 Å². The van der Waals surface area contributed by atoms with E-state index in [0.717, 1.165) is 23.2 Å². The Bertz CT molecular complexity index is 663. The molecule has 0 spiro atoms. The van der Waals surface area contributed by atoms with Gasteiger partial charge in [-0.3, -0.25) is 9.00 Å². The van der Waals surface area contributed by atoms with Crippen molar-refractivity contribution >= 4 is 28.4 Å². The van der Waals surface area contributed by atoms with Crippen LogP contribution in [-0.2, 0) is 31.5 Å². The van der Waals surface area contributed by atoms with E-state index in [4.69, 9.17) is 9.84 Å². The topological polar surface area (TPSA) is 104 Å². The van der Waals surface area contributed by atoms with Gasteiger partial charge in [0.2, 0.25) is 5.91 Å². The van der Waals surface area contributed by atoms with Crippen LogP contribution in [0, 0.1) is 6.92 Å². The van der Waals surface area contributed by atoms with Crippen molar-refractivity contribution < 1.29 is 28.7 Å². The van der Waals surface area contributed by atoms with Crippen molar-refractivity contribution in [2.24, 2.45) is 0 Å². The van der Waals surface area contributed by atoms with E-state index in [1.807, 2.05) is 39.0 Å². The number of hydrogen-bond acceptors (Lipinski definition) is 5. The third-order valence-corrected chi connectivity index (χ3v) is 5.23. The molecule has 1 aromatic rings. The Morgan fingerprint density at radius 2 is 2.00 bits per heavy atom. The van der Waals surface area contributed by atoms with E-state index in [1.165, 1.54) is 0 Å². The van der Waals surface area contributed by atoms with E-state index in [9.17, 15) is 18.9 Å². The maximum atomic E-state index is 12.9. The average Bonchev–Trinajstić information content (AvgIpc) is 2.56. The Hall–Kier alpha value is -1.77. The van der Waals surface area contributed by atoms with Gasteiger partial charge in [0.05, 0.1) is 24.1 Å². The molecule has 2 N–H and O–H groups in total. The largest absolute Gasteiger partial charge is 0.479 e. The highest BCUT2D eigenvalue weighted by Gasteiger charge is 2.28. The molecule has 0 aliphatic rings. The molecule has 8 heteroatoms. The Morgan fingerprint density at radius 1 is 1.35 bits per heavy atom. The van der Waals surface area contributed by atoms with Crippen molar-refractivity contribution in [3.05, 3.63) is 29.3 Å². The molecule has 26 heavy (non-hydrogen) atoms. The van der Waals surface area contributed by atoms with E-state index in [0.29, 0.717) is 6.61 Å². The number of aliphatic hydroxyl groups excluding tert-OH is 1. The van der Waals surface area contributed by atoms with E-state index < -0.39 is 34.5 Å². The number of para-hydroxylation sites is 1. The molecule has 0 aromatic heterocycles. The van der Waals surface area contributed by atoms with Crippen molar-refractivity contribution in [3.63, 3.8) is 0 Å². The monoisotopic (exact) mass is 385 g/mol. The van der Waals surface area contributed by atoms with Gasteiger partial charge in [0.15, 0.2) is 6.10 Å². The third kappa shape index (κ3) is 5.89. The quantitative estimate of drug-likeness (QED) is 0.625. The van der Waals surface area contributed by atoms with Crippen LogP contribution in [0.4, 0.5) is 5.69 Å². The zero-order valence-electron chi connectivity index (χ0n) is 15.6. The first-order valence-corrected chi connectivity index (χ1v) is 9.87. The molecule has 1 aromatic carbocycles. The number of benzene rings is 1. The lowest BCUT2D eigenvalue weighted by atomic mass is 10.0. The number of nitrogens with zero attached hydrogens (tertiary/aromatic N) is 1. The summed E-state index contributed by atoms with van der Waals surface area (Å²) in [4.78, 5) is 25.2. The number of hydrogen-bond donors (Lipinski definition) is 2. The number of ether oxygens (including phenoxy) is 1. The number of carbonyl (C=O) groups is 2. The molecule has 0 heterocycles. The molecule has 0 bridgehead atoms. The van der Waals surface area contributed by atoms with Crippen molar-refractivity contribution in [3.8, 4) is 0 Å². The maximum Gasteiger partial charge on any atom is 0.333 e. The highest BCUT2D eigenvalue weighted by molar-refractivity contribution is 7.85. The highest BCUT2D eigenvalue weighted by atomic mass is 32.2. The number of methoxy groups -OCH3 is 1. The number of carbonyl (C=O) groups excluding carboxylic acids is 1. The second-order valence-corrected chi connectivity index (χ2v) is 7.61. The summed E-state index contributed by atoms with van der Waals surface area (Å²) in [6.45, 7) is 6.03. The number of anilines is 1. The van der Waals surface area contributed by atoms with Crippen molar-refractivity contribution in [1.29, 1.82) is 0 Å². The van der Waals surface area contributed by atoms with Gasteiger partial charge in [-0.1, -0.05) is 25.1 Å². The maximum absolute atomic E-state index is 12.9. The average molecular weight is 385 g/mol. The minimum absolute atomic E-state index is 0.291. The predicted molar refractivity (Wildman–Crippen MR) is 101 cm³/mol. The van der Waals surface area contributed by atoms with Gasteiger partial charge < -0.3 is 19.8 Å². The number of rotatable bonds is 10. The molecule has 0 aliphatic heterocycles. The minimum Gasteiger partial charge on any atom is -0.479 e. The molecule has 0 saturated heterocycles. The molecule has 0 fully saturated rings. The lowest BCUT2D eigenvalue weighted by molar-refractivity contribution is -0.145. The van der Waals surface area contributed by atoms with Gasteiger partial charge in [-0.15, -0.1) is 0 Å². The van der Waals surface area contributed by atoms with Crippen molar-refractivity contribution in [1.82, 2.24) is 0 Å². The summed E-state index contributed by atoms with van der Waals surface area (Å²) in [7, 11) is -0.253. The van der Waals surface area contributed by atoms with Gasteiger partial charge in [-0.2, -0.15) is 0 Å². The van der Waals surface area contributed by atoms with E-state index in [-0.39, 0.29) is 11.8 Å². The molecule has 146 valence electrons. The number of carboxylic acid groups (broad SMARTS) is 1. The molecule has 1 rings (SSSR count). The zero-order chi connectivity index (χ0) is 19.9. The summed E-state index contributed by atoms with van der Waals surface area (Å²) in [6.07, 6.45) is -1.03. The fraction of sp³-hybridized carbons (Fsp3) is 0.556. The van der Waals surface area contributed by atoms with E-state index >= 15 is 0 Å². The zero-order valence-corrected chi connectivity index (χ0v) is 16.4. The smallest absolute Gasteiger partial charge is 0.333 e. The number of amides is 1. The Morgan fingerprint density at radius 3 is 2.54 bits per heavy atom. The van der Waals surface area contributed by atoms with Crippen LogP contribution in [0.3, 0.4) is 0 Å². The van der Waals surface area contributed by atoms with Gasteiger partial charge >= 0.3 is 5.97 Å². The van der Waals surface area contributed by atoms with Crippen LogP contribution in [0.15, 0.2) is 18.2 Å². The molecule has 0 saturated carbocycles. The van der Waals surface area contributed by atoms with Crippen LogP contribution >= 0.6 is 0 Å². The van der Waals surface area contributed by atoms with Crippen molar-refractivity contribution in [2.45, 2.75) is 39.3 Å². The molecule has 0 aliphatic carbocycles. The summed E-state index contributed by atoms with van der Waals surface area (Å²) < 4.78 is 17.3. The SMILES string of the molecule is CCc1cccc(C)c1N(C(=O)CS(=O)CC(O)C(=O)O)[C@@H](C)COC. The first-order chi connectivity index (χ1) is 12.2. The summed E-state index contributed by atoms with van der Waals surface area (Å²) in [5.74, 6) is -2.70. The minimum atomic E-state index is -1.79. The molecular formula is C18H27NO6S. The van der Waals surface area contributed by atoms with Crippen LogP contribution in [0.2, 0.25) is 0 Å². The van der Waals surface area contributed by atoms with Gasteiger partial charge in [0.1, 0.15) is 5.75 Å². The second kappa shape index (κ2) is 10.4. The summed E-state index contributed by atoms with van der Waals surface area (Å²) in [6, 6.07) is 5.47. The van der Waals surface area contributed by atoms with Crippen LogP contribution in [-0.4, -0.2) is 63.7 Å². The highest BCUT2D eigenvalue weighted by Crippen LogP contribution is 2.28. The van der Waals surface area contributed by atoms with Gasteiger partial charge in [-0.25, -0.2) is 4.79 Å². The number of aliphatic hydroxyl groups is 1. The van der Waals surface area contributed by atoms with Gasteiger partial charge in [0, 0.05) is 17.9 Å². The van der Waals surface area contributed by atoms with Crippen LogP contribution in [0.5, 0.6) is 0 Å². The third-order valence-electron chi connectivity index (χ3n) is 3.97. The molecule has 3 atom stereocenters. The van der Waals surface area contributed by atoms with Crippen LogP contribution in [0.25, 0.3) is 0 Å². The number of carboxylic acids is 1. The van der Waals surface area contributed by atoms with Gasteiger partial charge in [0.25, 0.3) is 0 Å².